The Hall–Kier alpha value is -4.88. The molecule has 1 aliphatic rings. The van der Waals surface area contributed by atoms with Gasteiger partial charge in [-0.1, -0.05) is 66.2 Å². The molecule has 0 bridgehead atoms. The molecule has 45 heavy (non-hydrogen) atoms. The Morgan fingerprint density at radius 3 is 2.51 bits per heavy atom. The molecule has 7 nitrogen and oxygen atoms in total. The standard InChI is InChI=1S/C38H39N5O2/c1-27-9-13-32(14-10-27)34(20-24-42-22-4-5-23-42)35-8-6-7-33(41-35)17-18-38(44)45-28(2)31-15-11-30(12-16-31)26-43-29(3)40-36-25-39-21-19-37(36)43/h6-21,25,28H,4-5,22-24,26H2,1-3H3/b18-17?,34-20+. The van der Waals surface area contributed by atoms with Crippen LogP contribution in [0.15, 0.2) is 97.3 Å². The molecule has 5 aromatic rings. The quantitative estimate of drug-likeness (QED) is 0.124. The van der Waals surface area contributed by atoms with E-state index in [1.54, 1.807) is 18.5 Å². The number of carbonyl (C=O) groups excluding carboxylic acids is 1. The van der Waals surface area contributed by atoms with Crippen molar-refractivity contribution in [2.24, 2.45) is 0 Å². The van der Waals surface area contributed by atoms with E-state index in [9.17, 15) is 4.79 Å². The third-order valence-electron chi connectivity index (χ3n) is 8.38. The van der Waals surface area contributed by atoms with Gasteiger partial charge in [0.2, 0.25) is 0 Å². The van der Waals surface area contributed by atoms with Crippen molar-refractivity contribution in [3.63, 3.8) is 0 Å². The average Bonchev–Trinajstić information content (AvgIpc) is 3.69. The highest BCUT2D eigenvalue weighted by Crippen LogP contribution is 2.24. The zero-order chi connectivity index (χ0) is 31.2. The number of hydrogen-bond donors (Lipinski definition) is 0. The fourth-order valence-electron chi connectivity index (χ4n) is 5.80. The summed E-state index contributed by atoms with van der Waals surface area (Å²) in [6.45, 7) is 9.87. The second-order valence-electron chi connectivity index (χ2n) is 11.7. The number of aromatic nitrogens is 4. The van der Waals surface area contributed by atoms with Crippen LogP contribution in [0.2, 0.25) is 0 Å². The fraction of sp³-hybridized carbons (Fsp3) is 0.263. The lowest BCUT2D eigenvalue weighted by Gasteiger charge is -2.14. The number of fused-ring (bicyclic) bond motifs is 1. The third-order valence-corrected chi connectivity index (χ3v) is 8.38. The van der Waals surface area contributed by atoms with E-state index in [4.69, 9.17) is 9.72 Å². The maximum atomic E-state index is 12.8. The second-order valence-corrected chi connectivity index (χ2v) is 11.7. The number of aryl methyl sites for hydroxylation is 2. The van der Waals surface area contributed by atoms with Crippen molar-refractivity contribution >= 4 is 28.7 Å². The summed E-state index contributed by atoms with van der Waals surface area (Å²) in [7, 11) is 0. The summed E-state index contributed by atoms with van der Waals surface area (Å²) >= 11 is 0. The van der Waals surface area contributed by atoms with Gasteiger partial charge in [-0.05, 0) is 87.7 Å². The highest BCUT2D eigenvalue weighted by molar-refractivity contribution is 5.87. The largest absolute Gasteiger partial charge is 0.455 e. The maximum absolute atomic E-state index is 12.8. The zero-order valence-electron chi connectivity index (χ0n) is 26.2. The van der Waals surface area contributed by atoms with E-state index in [0.717, 1.165) is 64.4 Å². The topological polar surface area (TPSA) is 73.1 Å². The summed E-state index contributed by atoms with van der Waals surface area (Å²) in [5.74, 6) is 0.539. The molecule has 1 saturated heterocycles. The first-order valence-corrected chi connectivity index (χ1v) is 15.6. The molecule has 7 heteroatoms. The number of imidazole rings is 1. The molecule has 1 aliphatic heterocycles. The molecule has 2 aromatic carbocycles. The molecule has 6 rings (SSSR count). The van der Waals surface area contributed by atoms with Crippen molar-refractivity contribution in [1.29, 1.82) is 0 Å². The Kier molecular flexibility index (Phi) is 9.27. The predicted molar refractivity (Wildman–Crippen MR) is 180 cm³/mol. The summed E-state index contributed by atoms with van der Waals surface area (Å²) in [6.07, 6.45) is 11.2. The number of ether oxygens (including phenoxy) is 1. The first kappa shape index (κ1) is 30.2. The van der Waals surface area contributed by atoms with Crippen LogP contribution in [0.5, 0.6) is 0 Å². The minimum Gasteiger partial charge on any atom is -0.455 e. The van der Waals surface area contributed by atoms with E-state index in [1.807, 2.05) is 50.2 Å². The van der Waals surface area contributed by atoms with Gasteiger partial charge in [0.25, 0.3) is 0 Å². The first-order valence-electron chi connectivity index (χ1n) is 15.6. The van der Waals surface area contributed by atoms with Gasteiger partial charge in [-0.25, -0.2) is 14.8 Å². The molecule has 228 valence electrons. The van der Waals surface area contributed by atoms with Gasteiger partial charge in [-0.15, -0.1) is 0 Å². The summed E-state index contributed by atoms with van der Waals surface area (Å²) < 4.78 is 7.92. The van der Waals surface area contributed by atoms with Gasteiger partial charge in [0.1, 0.15) is 17.4 Å². The van der Waals surface area contributed by atoms with Crippen LogP contribution in [0.4, 0.5) is 0 Å². The van der Waals surface area contributed by atoms with E-state index in [1.165, 1.54) is 24.5 Å². The average molecular weight is 598 g/mol. The van der Waals surface area contributed by atoms with Crippen LogP contribution < -0.4 is 0 Å². The lowest BCUT2D eigenvalue weighted by Crippen LogP contribution is -2.19. The summed E-state index contributed by atoms with van der Waals surface area (Å²) in [5, 5.41) is 0. The monoisotopic (exact) mass is 597 g/mol. The van der Waals surface area contributed by atoms with E-state index < -0.39 is 5.97 Å². The van der Waals surface area contributed by atoms with Gasteiger partial charge in [-0.2, -0.15) is 0 Å². The molecule has 0 amide bonds. The van der Waals surface area contributed by atoms with Crippen molar-refractivity contribution in [2.45, 2.75) is 46.3 Å². The lowest BCUT2D eigenvalue weighted by atomic mass is 10.00. The van der Waals surface area contributed by atoms with E-state index in [-0.39, 0.29) is 6.10 Å². The molecule has 0 radical (unpaired) electrons. The molecule has 3 aromatic heterocycles. The summed E-state index contributed by atoms with van der Waals surface area (Å²) in [5.41, 5.74) is 9.08. The van der Waals surface area contributed by atoms with Crippen LogP contribution in [0, 0.1) is 13.8 Å². The number of nitrogens with zero attached hydrogens (tertiary/aromatic N) is 5. The van der Waals surface area contributed by atoms with Gasteiger partial charge < -0.3 is 9.30 Å². The Balaban J connectivity index is 1.11. The van der Waals surface area contributed by atoms with Crippen LogP contribution in [0.1, 0.15) is 65.3 Å². The maximum Gasteiger partial charge on any atom is 0.331 e. The van der Waals surface area contributed by atoms with Crippen molar-refractivity contribution in [2.75, 3.05) is 19.6 Å². The van der Waals surface area contributed by atoms with Crippen LogP contribution in [-0.2, 0) is 16.1 Å². The molecular formula is C38H39N5O2. The highest BCUT2D eigenvalue weighted by atomic mass is 16.5. The van der Waals surface area contributed by atoms with E-state index >= 15 is 0 Å². The van der Waals surface area contributed by atoms with Crippen LogP contribution in [-0.4, -0.2) is 50.0 Å². The summed E-state index contributed by atoms with van der Waals surface area (Å²) in [6, 6.07) is 24.6. The molecule has 0 spiro atoms. The lowest BCUT2D eigenvalue weighted by molar-refractivity contribution is -0.142. The Labute approximate surface area is 264 Å². The summed E-state index contributed by atoms with van der Waals surface area (Å²) in [4.78, 5) is 28.9. The van der Waals surface area contributed by atoms with Crippen LogP contribution >= 0.6 is 0 Å². The third kappa shape index (κ3) is 7.44. The number of benzene rings is 2. The first-order chi connectivity index (χ1) is 21.9. The highest BCUT2D eigenvalue weighted by Gasteiger charge is 2.14. The molecule has 0 aliphatic carbocycles. The number of rotatable bonds is 10. The molecule has 1 atom stereocenters. The number of hydrogen-bond acceptors (Lipinski definition) is 6. The predicted octanol–water partition coefficient (Wildman–Crippen LogP) is 7.34. The van der Waals surface area contributed by atoms with Crippen LogP contribution in [0.25, 0.3) is 22.7 Å². The van der Waals surface area contributed by atoms with Crippen molar-refractivity contribution in [3.05, 3.63) is 137 Å². The normalized spacial score (nSPS) is 14.8. The van der Waals surface area contributed by atoms with Crippen LogP contribution in [0.3, 0.4) is 0 Å². The zero-order valence-corrected chi connectivity index (χ0v) is 26.2. The fourth-order valence-corrected chi connectivity index (χ4v) is 5.80. The molecule has 4 heterocycles. The minimum atomic E-state index is -0.406. The van der Waals surface area contributed by atoms with E-state index in [2.05, 4.69) is 68.8 Å². The van der Waals surface area contributed by atoms with Gasteiger partial charge in [0, 0.05) is 30.9 Å². The Bertz CT molecular complexity index is 1830. The Morgan fingerprint density at radius 2 is 1.73 bits per heavy atom. The minimum absolute atomic E-state index is 0.390. The molecule has 1 unspecified atom stereocenters. The van der Waals surface area contributed by atoms with Crippen molar-refractivity contribution in [1.82, 2.24) is 24.4 Å². The molecular weight excluding hydrogens is 558 g/mol. The van der Waals surface area contributed by atoms with Crippen molar-refractivity contribution < 1.29 is 9.53 Å². The molecule has 0 saturated carbocycles. The number of likely N-dealkylation sites (tertiary alicyclic amines) is 1. The number of carbonyl (C=O) groups is 1. The number of pyridine rings is 2. The molecule has 0 N–H and O–H groups in total. The number of esters is 1. The van der Waals surface area contributed by atoms with E-state index in [0.29, 0.717) is 12.2 Å². The Morgan fingerprint density at radius 1 is 0.956 bits per heavy atom. The van der Waals surface area contributed by atoms with Gasteiger partial charge in [-0.3, -0.25) is 9.88 Å². The second kappa shape index (κ2) is 13.8. The van der Waals surface area contributed by atoms with Gasteiger partial charge in [0.05, 0.1) is 23.1 Å². The van der Waals surface area contributed by atoms with Crippen molar-refractivity contribution in [3.8, 4) is 0 Å². The van der Waals surface area contributed by atoms with Gasteiger partial charge in [0.15, 0.2) is 0 Å². The molecule has 1 fully saturated rings. The van der Waals surface area contributed by atoms with Gasteiger partial charge >= 0.3 is 5.97 Å². The smallest absolute Gasteiger partial charge is 0.331 e. The SMILES string of the molecule is Cc1ccc(/C(=C\CN2CCCC2)c2cccc(C=CC(=O)OC(C)c3ccc(Cn4c(C)nc5cnccc54)cc3)n2)cc1.